The second-order valence-corrected chi connectivity index (χ2v) is 8.39. The van der Waals surface area contributed by atoms with Crippen LogP contribution in [0.3, 0.4) is 0 Å². The zero-order chi connectivity index (χ0) is 21.5. The van der Waals surface area contributed by atoms with Gasteiger partial charge in [-0.3, -0.25) is 14.6 Å². The lowest BCUT2D eigenvalue weighted by molar-refractivity contribution is 0.0162. The molecule has 2 aromatic rings. The largest absolute Gasteiger partial charge is 0.379 e. The number of morpholine rings is 2. The zero-order valence-electron chi connectivity index (χ0n) is 17.8. The third-order valence-corrected chi connectivity index (χ3v) is 6.25. The van der Waals surface area contributed by atoms with Crippen molar-refractivity contribution in [1.82, 2.24) is 15.1 Å². The summed E-state index contributed by atoms with van der Waals surface area (Å²) in [4.78, 5) is 17.7. The van der Waals surface area contributed by atoms with E-state index in [0.717, 1.165) is 62.1 Å². The lowest BCUT2D eigenvalue weighted by Crippen LogP contribution is -2.44. The Morgan fingerprint density at radius 1 is 0.968 bits per heavy atom. The second kappa shape index (κ2) is 11.1. The van der Waals surface area contributed by atoms with Crippen molar-refractivity contribution in [2.45, 2.75) is 12.6 Å². The molecule has 6 nitrogen and oxygen atoms in total. The summed E-state index contributed by atoms with van der Waals surface area (Å²) < 4.78 is 10.9. The van der Waals surface area contributed by atoms with Crippen molar-refractivity contribution in [3.8, 4) is 0 Å². The summed E-state index contributed by atoms with van der Waals surface area (Å²) in [5.41, 5.74) is 2.86. The second-order valence-electron chi connectivity index (χ2n) is 7.98. The Kier molecular flexibility index (Phi) is 7.94. The van der Waals surface area contributed by atoms with Gasteiger partial charge in [0.15, 0.2) is 0 Å². The molecule has 2 aliphatic heterocycles. The number of rotatable bonds is 7. The fourth-order valence-electron chi connectivity index (χ4n) is 4.19. The average molecular weight is 444 g/mol. The molecular formula is C24H30ClN3O3. The highest BCUT2D eigenvalue weighted by molar-refractivity contribution is 6.31. The van der Waals surface area contributed by atoms with Gasteiger partial charge in [-0.1, -0.05) is 41.9 Å². The zero-order valence-corrected chi connectivity index (χ0v) is 18.5. The molecule has 0 radical (unpaired) electrons. The van der Waals surface area contributed by atoms with Crippen molar-refractivity contribution >= 4 is 17.5 Å². The van der Waals surface area contributed by atoms with Crippen LogP contribution in [0.2, 0.25) is 5.02 Å². The quantitative estimate of drug-likeness (QED) is 0.713. The van der Waals surface area contributed by atoms with Crippen LogP contribution in [0.4, 0.5) is 0 Å². The number of benzene rings is 2. The number of nitrogens with one attached hydrogen (secondary N) is 1. The number of nitrogens with zero attached hydrogens (tertiary/aromatic N) is 2. The average Bonchev–Trinajstić information content (AvgIpc) is 2.82. The molecule has 1 amide bonds. The predicted molar refractivity (Wildman–Crippen MR) is 121 cm³/mol. The van der Waals surface area contributed by atoms with Crippen LogP contribution in [0.25, 0.3) is 0 Å². The van der Waals surface area contributed by atoms with Gasteiger partial charge in [0.1, 0.15) is 0 Å². The van der Waals surface area contributed by atoms with E-state index in [1.807, 2.05) is 42.5 Å². The molecule has 166 valence electrons. The van der Waals surface area contributed by atoms with Gasteiger partial charge in [0.05, 0.1) is 32.5 Å². The highest BCUT2D eigenvalue weighted by Crippen LogP contribution is 2.28. The number of halogens is 1. The van der Waals surface area contributed by atoms with Gasteiger partial charge >= 0.3 is 0 Å². The van der Waals surface area contributed by atoms with Crippen molar-refractivity contribution in [1.29, 1.82) is 0 Å². The third-order valence-electron chi connectivity index (χ3n) is 5.91. The third kappa shape index (κ3) is 6.05. The first-order valence-electron chi connectivity index (χ1n) is 10.9. The van der Waals surface area contributed by atoms with E-state index in [2.05, 4.69) is 21.2 Å². The van der Waals surface area contributed by atoms with E-state index >= 15 is 0 Å². The van der Waals surface area contributed by atoms with Crippen LogP contribution in [0.1, 0.15) is 27.5 Å². The molecule has 0 aromatic heterocycles. The van der Waals surface area contributed by atoms with Gasteiger partial charge < -0.3 is 14.8 Å². The standard InChI is InChI=1S/C24H30ClN3O3/c25-22-7-2-1-6-21(22)23(28-10-14-31-15-11-28)17-26-24(29)20-5-3-4-19(16-20)18-27-8-12-30-13-9-27/h1-7,16,23H,8-15,17-18H2,(H,26,29). The van der Waals surface area contributed by atoms with E-state index in [0.29, 0.717) is 25.3 Å². The molecule has 2 aliphatic rings. The van der Waals surface area contributed by atoms with E-state index in [4.69, 9.17) is 21.1 Å². The highest BCUT2D eigenvalue weighted by Gasteiger charge is 2.25. The maximum absolute atomic E-state index is 13.0. The van der Waals surface area contributed by atoms with Crippen LogP contribution in [0, 0.1) is 0 Å². The molecule has 0 saturated carbocycles. The van der Waals surface area contributed by atoms with Gasteiger partial charge in [-0.15, -0.1) is 0 Å². The maximum Gasteiger partial charge on any atom is 0.251 e. The van der Waals surface area contributed by atoms with Crippen LogP contribution in [0.5, 0.6) is 0 Å². The number of carbonyl (C=O) groups is 1. The summed E-state index contributed by atoms with van der Waals surface area (Å²) in [5, 5.41) is 3.86. The van der Waals surface area contributed by atoms with E-state index in [1.54, 1.807) is 0 Å². The predicted octanol–water partition coefficient (Wildman–Crippen LogP) is 2.98. The summed E-state index contributed by atoms with van der Waals surface area (Å²) in [6.07, 6.45) is 0. The molecule has 1 unspecified atom stereocenters. The summed E-state index contributed by atoms with van der Waals surface area (Å²) in [6, 6.07) is 15.8. The van der Waals surface area contributed by atoms with Crippen molar-refractivity contribution in [3.05, 3.63) is 70.2 Å². The summed E-state index contributed by atoms with van der Waals surface area (Å²) >= 11 is 6.50. The minimum absolute atomic E-state index is 0.0121. The molecule has 7 heteroatoms. The lowest BCUT2D eigenvalue weighted by Gasteiger charge is -2.35. The Morgan fingerprint density at radius 3 is 2.42 bits per heavy atom. The summed E-state index contributed by atoms with van der Waals surface area (Å²) in [5.74, 6) is -0.0610. The van der Waals surface area contributed by atoms with Crippen molar-refractivity contribution in [3.63, 3.8) is 0 Å². The topological polar surface area (TPSA) is 54.0 Å². The van der Waals surface area contributed by atoms with Gasteiger partial charge in [-0.25, -0.2) is 0 Å². The first-order valence-corrected chi connectivity index (χ1v) is 11.3. The molecule has 2 aromatic carbocycles. The Hall–Kier alpha value is -1.96. The first-order chi connectivity index (χ1) is 15.2. The van der Waals surface area contributed by atoms with E-state index in [1.165, 1.54) is 0 Å². The molecule has 0 spiro atoms. The maximum atomic E-state index is 13.0. The minimum Gasteiger partial charge on any atom is -0.379 e. The Labute approximate surface area is 189 Å². The van der Waals surface area contributed by atoms with Gasteiger partial charge in [0, 0.05) is 49.9 Å². The molecule has 1 N–H and O–H groups in total. The molecular weight excluding hydrogens is 414 g/mol. The van der Waals surface area contributed by atoms with Gasteiger partial charge in [0.25, 0.3) is 5.91 Å². The number of amides is 1. The molecule has 0 bridgehead atoms. The molecule has 2 saturated heterocycles. The fourth-order valence-corrected chi connectivity index (χ4v) is 4.45. The van der Waals surface area contributed by atoms with Gasteiger partial charge in [0.2, 0.25) is 0 Å². The molecule has 1 atom stereocenters. The van der Waals surface area contributed by atoms with Crippen LogP contribution in [-0.2, 0) is 16.0 Å². The fraction of sp³-hybridized carbons (Fsp3) is 0.458. The van der Waals surface area contributed by atoms with Crippen molar-refractivity contribution in [2.75, 3.05) is 59.2 Å². The lowest BCUT2D eigenvalue weighted by atomic mass is 10.0. The number of hydrogen-bond donors (Lipinski definition) is 1. The monoisotopic (exact) mass is 443 g/mol. The van der Waals surface area contributed by atoms with Crippen molar-refractivity contribution < 1.29 is 14.3 Å². The smallest absolute Gasteiger partial charge is 0.251 e. The van der Waals surface area contributed by atoms with Crippen LogP contribution >= 0.6 is 11.6 Å². The van der Waals surface area contributed by atoms with Crippen LogP contribution in [-0.4, -0.2) is 74.9 Å². The van der Waals surface area contributed by atoms with Gasteiger partial charge in [-0.2, -0.15) is 0 Å². The SMILES string of the molecule is O=C(NCC(c1ccccc1Cl)N1CCOCC1)c1cccc(CN2CCOCC2)c1. The Balaban J connectivity index is 1.42. The van der Waals surface area contributed by atoms with Crippen LogP contribution in [0.15, 0.2) is 48.5 Å². The molecule has 31 heavy (non-hydrogen) atoms. The molecule has 4 rings (SSSR count). The minimum atomic E-state index is -0.0610. The molecule has 0 aliphatic carbocycles. The van der Waals surface area contributed by atoms with E-state index in [9.17, 15) is 4.79 Å². The highest BCUT2D eigenvalue weighted by atomic mass is 35.5. The molecule has 2 fully saturated rings. The summed E-state index contributed by atoms with van der Waals surface area (Å²) in [7, 11) is 0. The summed E-state index contributed by atoms with van der Waals surface area (Å²) in [6.45, 7) is 7.75. The Bertz CT molecular complexity index is 867. The normalized spacial score (nSPS) is 19.1. The number of hydrogen-bond acceptors (Lipinski definition) is 5. The van der Waals surface area contributed by atoms with Gasteiger partial charge in [-0.05, 0) is 29.3 Å². The Morgan fingerprint density at radius 2 is 1.68 bits per heavy atom. The van der Waals surface area contributed by atoms with Crippen molar-refractivity contribution in [2.24, 2.45) is 0 Å². The number of carbonyl (C=O) groups excluding carboxylic acids is 1. The van der Waals surface area contributed by atoms with E-state index < -0.39 is 0 Å². The van der Waals surface area contributed by atoms with Crippen LogP contribution < -0.4 is 5.32 Å². The number of ether oxygens (including phenoxy) is 2. The first kappa shape index (κ1) is 22.2. The molecule has 2 heterocycles. The van der Waals surface area contributed by atoms with E-state index in [-0.39, 0.29) is 11.9 Å².